The number of aryl methyl sites for hydroxylation is 1. The van der Waals surface area contributed by atoms with E-state index in [0.717, 1.165) is 30.2 Å². The molecule has 0 radical (unpaired) electrons. The van der Waals surface area contributed by atoms with Gasteiger partial charge in [-0.05, 0) is 32.9 Å². The van der Waals surface area contributed by atoms with Crippen LogP contribution in [0.1, 0.15) is 20.8 Å². The standard InChI is InChI=1S/C15H23N5/c1-15(2,3)17-9-8-16-13-7-5-6-12(10-13)14-19-18-11-20(14)4/h5-7,10-11,16-17H,8-9H2,1-4H3. The van der Waals surface area contributed by atoms with Crippen LogP contribution in [-0.4, -0.2) is 33.4 Å². The zero-order valence-electron chi connectivity index (χ0n) is 12.6. The van der Waals surface area contributed by atoms with E-state index in [-0.39, 0.29) is 5.54 Å². The molecule has 0 fully saturated rings. The summed E-state index contributed by atoms with van der Waals surface area (Å²) >= 11 is 0. The molecule has 0 saturated carbocycles. The van der Waals surface area contributed by atoms with Gasteiger partial charge in [0.1, 0.15) is 6.33 Å². The van der Waals surface area contributed by atoms with Gasteiger partial charge in [0.15, 0.2) is 5.82 Å². The molecule has 5 heteroatoms. The lowest BCUT2D eigenvalue weighted by Crippen LogP contribution is -2.38. The van der Waals surface area contributed by atoms with Gasteiger partial charge in [-0.15, -0.1) is 10.2 Å². The molecule has 1 aromatic heterocycles. The van der Waals surface area contributed by atoms with Crippen molar-refractivity contribution in [2.45, 2.75) is 26.3 Å². The molecule has 0 amide bonds. The highest BCUT2D eigenvalue weighted by Gasteiger charge is 2.07. The fourth-order valence-corrected chi connectivity index (χ4v) is 1.96. The third-order valence-corrected chi connectivity index (χ3v) is 2.94. The maximum Gasteiger partial charge on any atom is 0.163 e. The normalized spacial score (nSPS) is 11.6. The van der Waals surface area contributed by atoms with Gasteiger partial charge in [0.05, 0.1) is 0 Å². The van der Waals surface area contributed by atoms with Crippen LogP contribution in [0.5, 0.6) is 0 Å². The van der Waals surface area contributed by atoms with E-state index in [1.54, 1.807) is 6.33 Å². The molecule has 1 heterocycles. The molecule has 2 aromatic rings. The van der Waals surface area contributed by atoms with Crippen LogP contribution in [0, 0.1) is 0 Å². The summed E-state index contributed by atoms with van der Waals surface area (Å²) in [6.07, 6.45) is 1.71. The Labute approximate surface area is 120 Å². The van der Waals surface area contributed by atoms with Gasteiger partial charge in [-0.3, -0.25) is 0 Å². The van der Waals surface area contributed by atoms with Gasteiger partial charge in [0.2, 0.25) is 0 Å². The number of aromatic nitrogens is 3. The third-order valence-electron chi connectivity index (χ3n) is 2.94. The van der Waals surface area contributed by atoms with Gasteiger partial charge in [-0.25, -0.2) is 0 Å². The van der Waals surface area contributed by atoms with Crippen molar-refractivity contribution in [3.8, 4) is 11.4 Å². The Balaban J connectivity index is 1.95. The van der Waals surface area contributed by atoms with E-state index < -0.39 is 0 Å². The van der Waals surface area contributed by atoms with E-state index in [2.05, 4.69) is 53.7 Å². The number of benzene rings is 1. The second-order valence-corrected chi connectivity index (χ2v) is 5.95. The summed E-state index contributed by atoms with van der Waals surface area (Å²) in [6, 6.07) is 8.24. The molecule has 108 valence electrons. The summed E-state index contributed by atoms with van der Waals surface area (Å²) < 4.78 is 1.92. The molecule has 0 unspecified atom stereocenters. The topological polar surface area (TPSA) is 54.8 Å². The minimum absolute atomic E-state index is 0.155. The largest absolute Gasteiger partial charge is 0.384 e. The van der Waals surface area contributed by atoms with Crippen molar-refractivity contribution in [2.75, 3.05) is 18.4 Å². The first-order valence-corrected chi connectivity index (χ1v) is 6.89. The van der Waals surface area contributed by atoms with Crippen LogP contribution in [0.25, 0.3) is 11.4 Å². The fourth-order valence-electron chi connectivity index (χ4n) is 1.96. The second-order valence-electron chi connectivity index (χ2n) is 5.95. The first-order valence-electron chi connectivity index (χ1n) is 6.89. The number of rotatable bonds is 5. The second kappa shape index (κ2) is 6.05. The summed E-state index contributed by atoms with van der Waals surface area (Å²) in [5.41, 5.74) is 2.32. The highest BCUT2D eigenvalue weighted by molar-refractivity contribution is 5.62. The van der Waals surface area contributed by atoms with Crippen molar-refractivity contribution in [2.24, 2.45) is 7.05 Å². The maximum atomic E-state index is 4.13. The molecule has 0 spiro atoms. The average Bonchev–Trinajstić information content (AvgIpc) is 2.80. The SMILES string of the molecule is Cn1cnnc1-c1cccc(NCCNC(C)(C)C)c1. The van der Waals surface area contributed by atoms with Gasteiger partial charge in [0.25, 0.3) is 0 Å². The Morgan fingerprint density at radius 3 is 2.65 bits per heavy atom. The molecule has 0 saturated heterocycles. The Morgan fingerprint density at radius 1 is 1.20 bits per heavy atom. The summed E-state index contributed by atoms with van der Waals surface area (Å²) in [7, 11) is 1.95. The minimum atomic E-state index is 0.155. The first kappa shape index (κ1) is 14.5. The Bertz CT molecular complexity index is 553. The highest BCUT2D eigenvalue weighted by atomic mass is 15.2. The third kappa shape index (κ3) is 4.06. The molecule has 5 nitrogen and oxygen atoms in total. The summed E-state index contributed by atoms with van der Waals surface area (Å²) in [5.74, 6) is 0.876. The maximum absolute atomic E-state index is 4.13. The lowest BCUT2D eigenvalue weighted by atomic mass is 10.1. The summed E-state index contributed by atoms with van der Waals surface area (Å²) in [4.78, 5) is 0. The van der Waals surface area contributed by atoms with Crippen LogP contribution in [0.15, 0.2) is 30.6 Å². The average molecular weight is 273 g/mol. The molecule has 0 atom stereocenters. The van der Waals surface area contributed by atoms with Crippen LogP contribution in [-0.2, 0) is 7.05 Å². The van der Waals surface area contributed by atoms with Crippen molar-refractivity contribution in [1.29, 1.82) is 0 Å². The zero-order chi connectivity index (χ0) is 14.6. The van der Waals surface area contributed by atoms with Crippen molar-refractivity contribution in [3.05, 3.63) is 30.6 Å². The Hall–Kier alpha value is -1.88. The lowest BCUT2D eigenvalue weighted by Gasteiger charge is -2.20. The Kier molecular flexibility index (Phi) is 4.39. The molecular formula is C15H23N5. The van der Waals surface area contributed by atoms with Crippen molar-refractivity contribution in [3.63, 3.8) is 0 Å². The highest BCUT2D eigenvalue weighted by Crippen LogP contribution is 2.19. The minimum Gasteiger partial charge on any atom is -0.384 e. The molecule has 0 bridgehead atoms. The monoisotopic (exact) mass is 273 g/mol. The first-order chi connectivity index (χ1) is 9.46. The van der Waals surface area contributed by atoms with E-state index in [0.29, 0.717) is 0 Å². The number of nitrogens with one attached hydrogen (secondary N) is 2. The van der Waals surface area contributed by atoms with Crippen LogP contribution >= 0.6 is 0 Å². The smallest absolute Gasteiger partial charge is 0.163 e. The van der Waals surface area contributed by atoms with E-state index >= 15 is 0 Å². The summed E-state index contributed by atoms with van der Waals surface area (Å²) in [6.45, 7) is 8.32. The number of nitrogens with zero attached hydrogens (tertiary/aromatic N) is 3. The van der Waals surface area contributed by atoms with E-state index in [4.69, 9.17) is 0 Å². The molecule has 1 aromatic carbocycles. The van der Waals surface area contributed by atoms with Gasteiger partial charge >= 0.3 is 0 Å². The van der Waals surface area contributed by atoms with E-state index in [9.17, 15) is 0 Å². The van der Waals surface area contributed by atoms with Gasteiger partial charge in [-0.2, -0.15) is 0 Å². The number of anilines is 1. The number of hydrogen-bond donors (Lipinski definition) is 2. The molecule has 2 rings (SSSR count). The molecule has 20 heavy (non-hydrogen) atoms. The van der Waals surface area contributed by atoms with Crippen molar-refractivity contribution < 1.29 is 0 Å². The lowest BCUT2D eigenvalue weighted by molar-refractivity contribution is 0.435. The molecule has 0 aliphatic carbocycles. The van der Waals surface area contributed by atoms with Gasteiger partial charge in [0, 0.05) is 36.9 Å². The van der Waals surface area contributed by atoms with Crippen LogP contribution in [0.2, 0.25) is 0 Å². The van der Waals surface area contributed by atoms with Gasteiger partial charge in [-0.1, -0.05) is 12.1 Å². The molecular weight excluding hydrogens is 250 g/mol. The van der Waals surface area contributed by atoms with E-state index in [1.165, 1.54) is 0 Å². The molecule has 2 N–H and O–H groups in total. The quantitative estimate of drug-likeness (QED) is 0.821. The van der Waals surface area contributed by atoms with Crippen molar-refractivity contribution in [1.82, 2.24) is 20.1 Å². The van der Waals surface area contributed by atoms with Crippen LogP contribution < -0.4 is 10.6 Å². The molecule has 0 aliphatic rings. The van der Waals surface area contributed by atoms with Crippen LogP contribution in [0.3, 0.4) is 0 Å². The van der Waals surface area contributed by atoms with Crippen molar-refractivity contribution >= 4 is 5.69 Å². The Morgan fingerprint density at radius 2 is 2.00 bits per heavy atom. The predicted molar refractivity (Wildman–Crippen MR) is 82.7 cm³/mol. The summed E-state index contributed by atoms with van der Waals surface area (Å²) in [5, 5.41) is 14.9. The van der Waals surface area contributed by atoms with E-state index in [1.807, 2.05) is 23.7 Å². The molecule has 0 aliphatic heterocycles. The predicted octanol–water partition coefficient (Wildman–Crippen LogP) is 2.28. The zero-order valence-corrected chi connectivity index (χ0v) is 12.6. The van der Waals surface area contributed by atoms with Crippen LogP contribution in [0.4, 0.5) is 5.69 Å². The fraction of sp³-hybridized carbons (Fsp3) is 0.467. The van der Waals surface area contributed by atoms with Gasteiger partial charge < -0.3 is 15.2 Å². The number of hydrogen-bond acceptors (Lipinski definition) is 4.